The average molecular weight is 438 g/mol. The molecule has 2 aromatic heterocycles. The summed E-state index contributed by atoms with van der Waals surface area (Å²) in [5.74, 6) is 1.35. The van der Waals surface area contributed by atoms with Gasteiger partial charge in [0, 0.05) is 13.1 Å². The number of fused-ring (bicyclic) bond motifs is 3. The molecule has 0 fully saturated rings. The summed E-state index contributed by atoms with van der Waals surface area (Å²) in [7, 11) is 1.62. The summed E-state index contributed by atoms with van der Waals surface area (Å²) >= 11 is 1.30. The summed E-state index contributed by atoms with van der Waals surface area (Å²) in [6, 6.07) is 14.9. The fraction of sp³-hybridized carbons (Fsp3) is 0.273. The SMILES string of the molecule is CCCn1c(=O)c2ccccc2n2c(SCC(=O)NCc3ccc(OC)cc3)nnc12. The van der Waals surface area contributed by atoms with Gasteiger partial charge in [0.05, 0.1) is 23.8 Å². The van der Waals surface area contributed by atoms with Gasteiger partial charge in [-0.1, -0.05) is 43.0 Å². The first-order chi connectivity index (χ1) is 15.1. The number of para-hydroxylation sites is 1. The lowest BCUT2D eigenvalue weighted by Gasteiger charge is -2.10. The number of aromatic nitrogens is 4. The third-order valence-corrected chi connectivity index (χ3v) is 5.84. The van der Waals surface area contributed by atoms with Crippen molar-refractivity contribution >= 4 is 34.3 Å². The van der Waals surface area contributed by atoms with Gasteiger partial charge in [-0.25, -0.2) is 0 Å². The van der Waals surface area contributed by atoms with Gasteiger partial charge in [-0.2, -0.15) is 0 Å². The number of benzene rings is 2. The van der Waals surface area contributed by atoms with Crippen molar-refractivity contribution in [3.05, 3.63) is 64.4 Å². The van der Waals surface area contributed by atoms with Crippen LogP contribution in [0.15, 0.2) is 58.5 Å². The molecule has 0 aliphatic carbocycles. The molecule has 0 saturated heterocycles. The fourth-order valence-corrected chi connectivity index (χ4v) is 4.15. The van der Waals surface area contributed by atoms with E-state index < -0.39 is 0 Å². The van der Waals surface area contributed by atoms with E-state index >= 15 is 0 Å². The molecule has 2 heterocycles. The molecule has 0 spiro atoms. The number of aryl methyl sites for hydroxylation is 1. The number of carbonyl (C=O) groups is 1. The standard InChI is InChI=1S/C22H23N5O3S/c1-3-12-26-20(29)17-6-4-5-7-18(17)27-21(26)24-25-22(27)31-14-19(28)23-13-15-8-10-16(30-2)11-9-15/h4-11H,3,12-14H2,1-2H3,(H,23,28). The number of thioether (sulfide) groups is 1. The Balaban J connectivity index is 1.53. The highest BCUT2D eigenvalue weighted by atomic mass is 32.2. The molecule has 1 amide bonds. The van der Waals surface area contributed by atoms with E-state index in [0.717, 1.165) is 23.3 Å². The van der Waals surface area contributed by atoms with Gasteiger partial charge in [-0.3, -0.25) is 18.6 Å². The zero-order valence-electron chi connectivity index (χ0n) is 17.4. The minimum Gasteiger partial charge on any atom is -0.497 e. The van der Waals surface area contributed by atoms with Crippen molar-refractivity contribution in [2.75, 3.05) is 12.9 Å². The van der Waals surface area contributed by atoms with Crippen LogP contribution in [0.2, 0.25) is 0 Å². The van der Waals surface area contributed by atoms with Gasteiger partial charge in [-0.05, 0) is 36.2 Å². The molecule has 4 aromatic rings. The number of amides is 1. The van der Waals surface area contributed by atoms with E-state index in [1.165, 1.54) is 11.8 Å². The summed E-state index contributed by atoms with van der Waals surface area (Å²) in [6.45, 7) is 3.00. The second-order valence-corrected chi connectivity index (χ2v) is 7.95. The number of hydrogen-bond acceptors (Lipinski definition) is 6. The predicted octanol–water partition coefficient (Wildman–Crippen LogP) is 2.87. The van der Waals surface area contributed by atoms with Gasteiger partial charge in [0.25, 0.3) is 5.56 Å². The van der Waals surface area contributed by atoms with E-state index in [1.807, 2.05) is 53.8 Å². The Morgan fingerprint density at radius 1 is 1.13 bits per heavy atom. The lowest BCUT2D eigenvalue weighted by Crippen LogP contribution is -2.25. The lowest BCUT2D eigenvalue weighted by atomic mass is 10.2. The van der Waals surface area contributed by atoms with Crippen LogP contribution in [0.1, 0.15) is 18.9 Å². The minimum atomic E-state index is -0.108. The van der Waals surface area contributed by atoms with E-state index in [2.05, 4.69) is 15.5 Å². The third kappa shape index (κ3) is 4.27. The summed E-state index contributed by atoms with van der Waals surface area (Å²) in [5, 5.41) is 12.6. The Morgan fingerprint density at radius 3 is 2.65 bits per heavy atom. The van der Waals surface area contributed by atoms with Gasteiger partial charge < -0.3 is 10.1 Å². The van der Waals surface area contributed by atoms with Crippen molar-refractivity contribution in [2.24, 2.45) is 0 Å². The summed E-state index contributed by atoms with van der Waals surface area (Å²) in [5.41, 5.74) is 1.65. The average Bonchev–Trinajstić information content (AvgIpc) is 3.23. The number of nitrogens with zero attached hydrogens (tertiary/aromatic N) is 4. The van der Waals surface area contributed by atoms with Crippen LogP contribution in [0.3, 0.4) is 0 Å². The Morgan fingerprint density at radius 2 is 1.90 bits per heavy atom. The van der Waals surface area contributed by atoms with Crippen LogP contribution >= 0.6 is 11.8 Å². The van der Waals surface area contributed by atoms with Gasteiger partial charge in [-0.15, -0.1) is 10.2 Å². The number of carbonyl (C=O) groups excluding carboxylic acids is 1. The van der Waals surface area contributed by atoms with Crippen LogP contribution in [0.4, 0.5) is 0 Å². The summed E-state index contributed by atoms with van der Waals surface area (Å²) < 4.78 is 8.64. The largest absolute Gasteiger partial charge is 0.497 e. The van der Waals surface area contributed by atoms with Crippen molar-refractivity contribution in [2.45, 2.75) is 31.6 Å². The molecule has 0 unspecified atom stereocenters. The Bertz CT molecular complexity index is 1280. The maximum atomic E-state index is 12.9. The number of ether oxygens (including phenoxy) is 1. The molecule has 1 N–H and O–H groups in total. The van der Waals surface area contributed by atoms with Gasteiger partial charge in [0.15, 0.2) is 5.16 Å². The molecule has 2 aromatic carbocycles. The maximum absolute atomic E-state index is 12.9. The predicted molar refractivity (Wildman–Crippen MR) is 121 cm³/mol. The van der Waals surface area contributed by atoms with Crippen LogP contribution in [-0.2, 0) is 17.9 Å². The van der Waals surface area contributed by atoms with Crippen molar-refractivity contribution in [1.82, 2.24) is 24.5 Å². The number of hydrogen-bond donors (Lipinski definition) is 1. The number of rotatable bonds is 8. The topological polar surface area (TPSA) is 90.5 Å². The Kier molecular flexibility index (Phi) is 6.22. The minimum absolute atomic E-state index is 0.0777. The van der Waals surface area contributed by atoms with Crippen molar-refractivity contribution in [3.8, 4) is 5.75 Å². The first-order valence-electron chi connectivity index (χ1n) is 10.0. The third-order valence-electron chi connectivity index (χ3n) is 4.91. The normalized spacial score (nSPS) is 11.2. The first kappa shape index (κ1) is 20.9. The molecular formula is C22H23N5O3S. The molecular weight excluding hydrogens is 414 g/mol. The van der Waals surface area contributed by atoms with E-state index in [4.69, 9.17) is 4.74 Å². The van der Waals surface area contributed by atoms with E-state index in [-0.39, 0.29) is 17.2 Å². The summed E-state index contributed by atoms with van der Waals surface area (Å²) in [6.07, 6.45) is 0.803. The molecule has 0 radical (unpaired) electrons. The fourth-order valence-electron chi connectivity index (χ4n) is 3.38. The van der Waals surface area contributed by atoms with Crippen molar-refractivity contribution in [3.63, 3.8) is 0 Å². The highest BCUT2D eigenvalue weighted by Crippen LogP contribution is 2.21. The van der Waals surface area contributed by atoms with Crippen LogP contribution in [0.25, 0.3) is 16.7 Å². The molecule has 4 rings (SSSR count). The quantitative estimate of drug-likeness (QED) is 0.426. The lowest BCUT2D eigenvalue weighted by molar-refractivity contribution is -0.118. The van der Waals surface area contributed by atoms with E-state index in [9.17, 15) is 9.59 Å². The van der Waals surface area contributed by atoms with Gasteiger partial charge in [0.1, 0.15) is 5.75 Å². The number of methoxy groups -OCH3 is 1. The summed E-state index contributed by atoms with van der Waals surface area (Å²) in [4.78, 5) is 25.3. The van der Waals surface area contributed by atoms with Crippen LogP contribution in [-0.4, -0.2) is 37.9 Å². The van der Waals surface area contributed by atoms with E-state index in [0.29, 0.717) is 29.4 Å². The molecule has 0 aliphatic heterocycles. The van der Waals surface area contributed by atoms with Gasteiger partial charge >= 0.3 is 0 Å². The second kappa shape index (κ2) is 9.22. The molecule has 8 nitrogen and oxygen atoms in total. The van der Waals surface area contributed by atoms with Crippen molar-refractivity contribution in [1.29, 1.82) is 0 Å². The zero-order valence-corrected chi connectivity index (χ0v) is 18.2. The van der Waals surface area contributed by atoms with Gasteiger partial charge in [0.2, 0.25) is 11.7 Å². The molecule has 0 aliphatic rings. The van der Waals surface area contributed by atoms with E-state index in [1.54, 1.807) is 17.7 Å². The number of nitrogens with one attached hydrogen (secondary N) is 1. The van der Waals surface area contributed by atoms with Crippen LogP contribution < -0.4 is 15.6 Å². The second-order valence-electron chi connectivity index (χ2n) is 7.01. The highest BCUT2D eigenvalue weighted by Gasteiger charge is 2.17. The maximum Gasteiger partial charge on any atom is 0.262 e. The Labute approximate surface area is 183 Å². The zero-order chi connectivity index (χ0) is 21.8. The molecule has 160 valence electrons. The first-order valence-corrected chi connectivity index (χ1v) is 11.0. The van der Waals surface area contributed by atoms with Crippen LogP contribution in [0, 0.1) is 0 Å². The molecule has 31 heavy (non-hydrogen) atoms. The van der Waals surface area contributed by atoms with Crippen LogP contribution in [0.5, 0.6) is 5.75 Å². The molecule has 0 bridgehead atoms. The smallest absolute Gasteiger partial charge is 0.262 e. The Hall–Kier alpha value is -3.33. The molecule has 0 atom stereocenters. The molecule has 0 saturated carbocycles. The highest BCUT2D eigenvalue weighted by molar-refractivity contribution is 7.99. The monoisotopic (exact) mass is 437 g/mol. The molecule has 9 heteroatoms. The van der Waals surface area contributed by atoms with Crippen molar-refractivity contribution < 1.29 is 9.53 Å².